The molecule has 0 aliphatic heterocycles. The summed E-state index contributed by atoms with van der Waals surface area (Å²) in [7, 11) is 0. The molecule has 0 saturated carbocycles. The van der Waals surface area contributed by atoms with Gasteiger partial charge in [-0.2, -0.15) is 0 Å². The average Bonchev–Trinajstić information content (AvgIpc) is 2.28. The normalized spacial score (nSPS) is 15.0. The molecule has 3 heteroatoms. The maximum Gasteiger partial charge on any atom is 0.133 e. The van der Waals surface area contributed by atoms with Gasteiger partial charge in [0.25, 0.3) is 0 Å². The molecule has 0 heterocycles. The summed E-state index contributed by atoms with van der Waals surface area (Å²) in [5, 5.41) is 0. The predicted octanol–water partition coefficient (Wildman–Crippen LogP) is 4.50. The zero-order valence-electron chi connectivity index (χ0n) is 12.1. The first kappa shape index (κ1) is 16.6. The number of hydrogen-bond acceptors (Lipinski definition) is 1. The molecule has 18 heavy (non-hydrogen) atoms. The smallest absolute Gasteiger partial charge is 0.133 e. The third-order valence-corrected chi connectivity index (χ3v) is 2.62. The number of rotatable bonds is 6. The molecular formula is C15H25FN2. The summed E-state index contributed by atoms with van der Waals surface area (Å²) in [4.78, 5) is 4.06. The molecule has 1 unspecified atom stereocenters. The van der Waals surface area contributed by atoms with Crippen molar-refractivity contribution in [1.29, 1.82) is 0 Å². The molecule has 2 nitrogen and oxygen atoms in total. The van der Waals surface area contributed by atoms with E-state index < -0.39 is 0 Å². The van der Waals surface area contributed by atoms with Crippen molar-refractivity contribution >= 4 is 5.84 Å². The molecule has 0 radical (unpaired) electrons. The zero-order valence-corrected chi connectivity index (χ0v) is 12.1. The van der Waals surface area contributed by atoms with Gasteiger partial charge in [0.05, 0.1) is 5.57 Å². The number of nitrogens with zero attached hydrogens (tertiary/aromatic N) is 1. The second-order valence-corrected chi connectivity index (χ2v) is 4.58. The monoisotopic (exact) mass is 252 g/mol. The van der Waals surface area contributed by atoms with Crippen LogP contribution in [0.4, 0.5) is 4.39 Å². The molecule has 2 N–H and O–H groups in total. The lowest BCUT2D eigenvalue weighted by Crippen LogP contribution is -2.16. The minimum atomic E-state index is -0.282. The Morgan fingerprint density at radius 1 is 1.33 bits per heavy atom. The summed E-state index contributed by atoms with van der Waals surface area (Å²) >= 11 is 0. The summed E-state index contributed by atoms with van der Waals surface area (Å²) in [5.41, 5.74) is 7.08. The van der Waals surface area contributed by atoms with Crippen LogP contribution in [-0.4, -0.2) is 5.84 Å². The van der Waals surface area contributed by atoms with Gasteiger partial charge >= 0.3 is 0 Å². The van der Waals surface area contributed by atoms with Gasteiger partial charge < -0.3 is 5.73 Å². The molecule has 0 saturated heterocycles. The second kappa shape index (κ2) is 8.67. The van der Waals surface area contributed by atoms with Crippen LogP contribution in [0.5, 0.6) is 0 Å². The van der Waals surface area contributed by atoms with E-state index in [4.69, 9.17) is 5.73 Å². The summed E-state index contributed by atoms with van der Waals surface area (Å²) in [6.45, 7) is 9.69. The van der Waals surface area contributed by atoms with E-state index in [1.807, 2.05) is 40.7 Å². The molecule has 0 aromatic rings. The average molecular weight is 252 g/mol. The topological polar surface area (TPSA) is 38.4 Å². The third-order valence-electron chi connectivity index (χ3n) is 2.62. The van der Waals surface area contributed by atoms with Gasteiger partial charge in [0.15, 0.2) is 0 Å². The molecule has 0 aliphatic rings. The Morgan fingerprint density at radius 3 is 2.39 bits per heavy atom. The van der Waals surface area contributed by atoms with Gasteiger partial charge in [-0.05, 0) is 38.7 Å². The van der Waals surface area contributed by atoms with Crippen molar-refractivity contribution in [1.82, 2.24) is 0 Å². The fraction of sp³-hybridized carbons (Fsp3) is 0.533. The van der Waals surface area contributed by atoms with Gasteiger partial charge in [0.1, 0.15) is 11.7 Å². The molecule has 0 amide bonds. The lowest BCUT2D eigenvalue weighted by atomic mass is 10.0. The van der Waals surface area contributed by atoms with Crippen molar-refractivity contribution in [2.45, 2.75) is 47.5 Å². The van der Waals surface area contributed by atoms with Crippen LogP contribution >= 0.6 is 0 Å². The quantitative estimate of drug-likeness (QED) is 0.422. The van der Waals surface area contributed by atoms with Crippen molar-refractivity contribution in [3.63, 3.8) is 0 Å². The number of aliphatic imine (C=N–C) groups is 1. The molecular weight excluding hydrogens is 227 g/mol. The Kier molecular flexibility index (Phi) is 8.01. The van der Waals surface area contributed by atoms with E-state index in [2.05, 4.69) is 4.99 Å². The van der Waals surface area contributed by atoms with Gasteiger partial charge in [-0.3, -0.25) is 0 Å². The molecule has 0 spiro atoms. The largest absolute Gasteiger partial charge is 0.383 e. The molecule has 1 atom stereocenters. The Bertz CT molecular complexity index is 372. The van der Waals surface area contributed by atoms with Crippen molar-refractivity contribution < 1.29 is 4.39 Å². The third kappa shape index (κ3) is 5.80. The van der Waals surface area contributed by atoms with Crippen molar-refractivity contribution in [2.75, 3.05) is 0 Å². The van der Waals surface area contributed by atoms with Gasteiger partial charge in [-0.15, -0.1) is 0 Å². The summed E-state index contributed by atoms with van der Waals surface area (Å²) < 4.78 is 14.1. The maximum absolute atomic E-state index is 14.1. The molecule has 0 aliphatic carbocycles. The molecule has 0 bridgehead atoms. The maximum atomic E-state index is 14.1. The Labute approximate surface area is 110 Å². The van der Waals surface area contributed by atoms with Gasteiger partial charge in [0, 0.05) is 6.20 Å². The van der Waals surface area contributed by atoms with E-state index in [1.165, 1.54) is 0 Å². The number of hydrogen-bond donors (Lipinski definition) is 1. The van der Waals surface area contributed by atoms with Crippen LogP contribution in [0.1, 0.15) is 47.5 Å². The highest BCUT2D eigenvalue weighted by molar-refractivity contribution is 6.01. The highest BCUT2D eigenvalue weighted by atomic mass is 19.1. The van der Waals surface area contributed by atoms with E-state index in [0.29, 0.717) is 5.57 Å². The minimum absolute atomic E-state index is 0.193. The Morgan fingerprint density at radius 2 is 1.94 bits per heavy atom. The van der Waals surface area contributed by atoms with Crippen LogP contribution in [0.2, 0.25) is 0 Å². The van der Waals surface area contributed by atoms with E-state index >= 15 is 0 Å². The minimum Gasteiger partial charge on any atom is -0.383 e. The highest BCUT2D eigenvalue weighted by Gasteiger charge is 2.12. The first-order chi connectivity index (χ1) is 8.43. The lowest BCUT2D eigenvalue weighted by molar-refractivity contribution is 0.614. The van der Waals surface area contributed by atoms with Gasteiger partial charge in [-0.25, -0.2) is 9.38 Å². The SMILES string of the molecule is CC/C=C/N=C(/N)C(=C(C)C)/C(F)=C\C(C)CC. The van der Waals surface area contributed by atoms with E-state index in [-0.39, 0.29) is 17.6 Å². The first-order valence-corrected chi connectivity index (χ1v) is 6.47. The van der Waals surface area contributed by atoms with Crippen LogP contribution in [0.3, 0.4) is 0 Å². The van der Waals surface area contributed by atoms with Crippen LogP contribution in [0, 0.1) is 5.92 Å². The molecule has 102 valence electrons. The Hall–Kier alpha value is -1.38. The highest BCUT2D eigenvalue weighted by Crippen LogP contribution is 2.19. The van der Waals surface area contributed by atoms with E-state index in [1.54, 1.807) is 12.3 Å². The first-order valence-electron chi connectivity index (χ1n) is 6.47. The van der Waals surface area contributed by atoms with Crippen molar-refractivity contribution in [2.24, 2.45) is 16.6 Å². The zero-order chi connectivity index (χ0) is 14.1. The van der Waals surface area contributed by atoms with Crippen LogP contribution < -0.4 is 5.73 Å². The summed E-state index contributed by atoms with van der Waals surface area (Å²) in [6, 6.07) is 0. The predicted molar refractivity (Wildman–Crippen MR) is 78.1 cm³/mol. The number of halogens is 1. The van der Waals surface area contributed by atoms with E-state index in [9.17, 15) is 4.39 Å². The second-order valence-electron chi connectivity index (χ2n) is 4.58. The number of amidine groups is 1. The van der Waals surface area contributed by atoms with Crippen LogP contribution in [0.15, 0.2) is 40.3 Å². The fourth-order valence-electron chi connectivity index (χ4n) is 1.37. The van der Waals surface area contributed by atoms with Crippen molar-refractivity contribution in [3.8, 4) is 0 Å². The molecule has 0 aromatic heterocycles. The Balaban J connectivity index is 5.24. The van der Waals surface area contributed by atoms with E-state index in [0.717, 1.165) is 18.4 Å². The van der Waals surface area contributed by atoms with Crippen LogP contribution in [0.25, 0.3) is 0 Å². The van der Waals surface area contributed by atoms with Crippen LogP contribution in [-0.2, 0) is 0 Å². The standard InChI is InChI=1S/C15H25FN2/c1-6-8-9-18-15(17)14(11(3)4)13(16)10-12(5)7-2/h8-10,12H,6-7H2,1-5H3,(H2,17,18)/b9-8+,13-10+. The summed E-state index contributed by atoms with van der Waals surface area (Å²) in [6.07, 6.45) is 6.89. The summed E-state index contributed by atoms with van der Waals surface area (Å²) in [5.74, 6) is 0.144. The van der Waals surface area contributed by atoms with Gasteiger partial charge in [-0.1, -0.05) is 32.4 Å². The lowest BCUT2D eigenvalue weighted by Gasteiger charge is -2.09. The molecule has 0 fully saturated rings. The molecule has 0 aromatic carbocycles. The number of allylic oxidation sites excluding steroid dienone is 3. The number of nitrogens with two attached hydrogens (primary N) is 1. The van der Waals surface area contributed by atoms with Crippen molar-refractivity contribution in [3.05, 3.63) is 35.3 Å². The molecule has 0 rings (SSSR count). The fourth-order valence-corrected chi connectivity index (χ4v) is 1.37. The van der Waals surface area contributed by atoms with Gasteiger partial charge in [0.2, 0.25) is 0 Å².